The Labute approximate surface area is 94.0 Å². The van der Waals surface area contributed by atoms with E-state index >= 15 is 0 Å². The van der Waals surface area contributed by atoms with Crippen LogP contribution in [0.2, 0.25) is 5.02 Å². The molecular weight excluding hydrogens is 214 g/mol. The van der Waals surface area contributed by atoms with Gasteiger partial charge in [0.1, 0.15) is 5.75 Å². The lowest BCUT2D eigenvalue weighted by Crippen LogP contribution is -2.60. The summed E-state index contributed by atoms with van der Waals surface area (Å²) in [6, 6.07) is 5.51. The van der Waals surface area contributed by atoms with Gasteiger partial charge in [-0.05, 0) is 12.1 Å². The Morgan fingerprint density at radius 3 is 2.80 bits per heavy atom. The minimum absolute atomic E-state index is 0.531. The monoisotopic (exact) mass is 227 g/mol. The van der Waals surface area contributed by atoms with Crippen LogP contribution in [0.5, 0.6) is 5.75 Å². The molecule has 1 aromatic carbocycles. The number of aliphatic hydroxyl groups is 1. The number of benzene rings is 1. The Morgan fingerprint density at radius 2 is 2.27 bits per heavy atom. The third-order valence-electron chi connectivity index (χ3n) is 2.71. The van der Waals surface area contributed by atoms with Crippen molar-refractivity contribution in [1.82, 2.24) is 5.32 Å². The Morgan fingerprint density at radius 1 is 1.53 bits per heavy atom. The second kappa shape index (κ2) is 4.00. The third-order valence-corrected chi connectivity index (χ3v) is 3.06. The maximum atomic E-state index is 10.0. The van der Waals surface area contributed by atoms with Gasteiger partial charge in [0.15, 0.2) is 0 Å². The molecule has 2 rings (SSSR count). The molecule has 1 fully saturated rings. The van der Waals surface area contributed by atoms with Crippen molar-refractivity contribution in [2.24, 2.45) is 0 Å². The molecule has 0 radical (unpaired) electrons. The highest BCUT2D eigenvalue weighted by molar-refractivity contribution is 6.31. The topological polar surface area (TPSA) is 41.5 Å². The molecule has 4 heteroatoms. The van der Waals surface area contributed by atoms with Crippen molar-refractivity contribution in [3.63, 3.8) is 0 Å². The van der Waals surface area contributed by atoms with Crippen molar-refractivity contribution in [2.75, 3.05) is 20.2 Å². The number of β-amino-alcohol motifs (C(OH)–C–C–N with tert-alkyl or cyclic N) is 1. The highest BCUT2D eigenvalue weighted by atomic mass is 35.5. The first-order chi connectivity index (χ1) is 7.14. The smallest absolute Gasteiger partial charge is 0.123 e. The molecule has 82 valence electrons. The summed E-state index contributed by atoms with van der Waals surface area (Å²) in [6.07, 6.45) is 0.531. The van der Waals surface area contributed by atoms with Gasteiger partial charge in [0, 0.05) is 30.1 Å². The van der Waals surface area contributed by atoms with E-state index in [0.717, 1.165) is 11.3 Å². The normalized spacial score (nSPS) is 18.3. The predicted molar refractivity (Wildman–Crippen MR) is 59.5 cm³/mol. The molecule has 0 aliphatic carbocycles. The molecule has 0 aromatic heterocycles. The molecule has 0 unspecified atom stereocenters. The van der Waals surface area contributed by atoms with Gasteiger partial charge >= 0.3 is 0 Å². The van der Waals surface area contributed by atoms with Gasteiger partial charge in [-0.15, -0.1) is 0 Å². The minimum Gasteiger partial charge on any atom is -0.496 e. The van der Waals surface area contributed by atoms with Crippen molar-refractivity contribution in [2.45, 2.75) is 12.0 Å². The molecule has 0 amide bonds. The van der Waals surface area contributed by atoms with Crippen LogP contribution in [0.3, 0.4) is 0 Å². The van der Waals surface area contributed by atoms with E-state index < -0.39 is 5.60 Å². The molecule has 0 atom stereocenters. The van der Waals surface area contributed by atoms with Crippen LogP contribution in [0.15, 0.2) is 18.2 Å². The van der Waals surface area contributed by atoms with E-state index in [2.05, 4.69) is 5.32 Å². The van der Waals surface area contributed by atoms with Crippen LogP contribution in [-0.2, 0) is 6.42 Å². The number of rotatable bonds is 3. The van der Waals surface area contributed by atoms with Crippen LogP contribution in [-0.4, -0.2) is 30.9 Å². The first kappa shape index (κ1) is 10.7. The average molecular weight is 228 g/mol. The third kappa shape index (κ3) is 2.09. The summed E-state index contributed by atoms with van der Waals surface area (Å²) in [6.45, 7) is 1.22. The van der Waals surface area contributed by atoms with Gasteiger partial charge in [0.2, 0.25) is 0 Å². The van der Waals surface area contributed by atoms with Crippen LogP contribution < -0.4 is 10.1 Å². The fourth-order valence-corrected chi connectivity index (χ4v) is 2.00. The number of hydrogen-bond acceptors (Lipinski definition) is 3. The fourth-order valence-electron chi connectivity index (χ4n) is 1.77. The summed E-state index contributed by atoms with van der Waals surface area (Å²) < 4.78 is 5.22. The summed E-state index contributed by atoms with van der Waals surface area (Å²) in [7, 11) is 1.61. The summed E-state index contributed by atoms with van der Waals surface area (Å²) in [5.41, 5.74) is 0.212. The number of nitrogens with one attached hydrogen (secondary N) is 1. The quantitative estimate of drug-likeness (QED) is 0.816. The van der Waals surface area contributed by atoms with Crippen molar-refractivity contribution < 1.29 is 9.84 Å². The molecule has 1 aromatic rings. The van der Waals surface area contributed by atoms with Crippen molar-refractivity contribution in [3.8, 4) is 5.75 Å². The molecule has 0 saturated carbocycles. The van der Waals surface area contributed by atoms with E-state index in [1.807, 2.05) is 18.2 Å². The molecule has 1 heterocycles. The van der Waals surface area contributed by atoms with E-state index in [4.69, 9.17) is 16.3 Å². The van der Waals surface area contributed by atoms with Gasteiger partial charge < -0.3 is 15.2 Å². The summed E-state index contributed by atoms with van der Waals surface area (Å²) in [5, 5.41) is 13.7. The van der Waals surface area contributed by atoms with Crippen LogP contribution in [0, 0.1) is 0 Å². The van der Waals surface area contributed by atoms with Crippen LogP contribution in [0.1, 0.15) is 5.56 Å². The first-order valence-electron chi connectivity index (χ1n) is 4.89. The van der Waals surface area contributed by atoms with Crippen LogP contribution in [0.25, 0.3) is 0 Å². The predicted octanol–water partition coefficient (Wildman–Crippen LogP) is 1.23. The van der Waals surface area contributed by atoms with E-state index in [-0.39, 0.29) is 0 Å². The van der Waals surface area contributed by atoms with Gasteiger partial charge in [0.25, 0.3) is 0 Å². The van der Waals surface area contributed by atoms with E-state index in [1.165, 1.54) is 0 Å². The molecule has 1 aliphatic heterocycles. The molecule has 15 heavy (non-hydrogen) atoms. The van der Waals surface area contributed by atoms with Gasteiger partial charge in [-0.2, -0.15) is 0 Å². The Balaban J connectivity index is 2.26. The first-order valence-corrected chi connectivity index (χ1v) is 5.27. The summed E-state index contributed by atoms with van der Waals surface area (Å²) in [5.74, 6) is 0.739. The zero-order chi connectivity index (χ0) is 10.9. The Kier molecular flexibility index (Phi) is 2.87. The second-order valence-electron chi connectivity index (χ2n) is 3.93. The minimum atomic E-state index is -0.668. The SMILES string of the molecule is COc1cccc(Cl)c1CC1(O)CNC1. The Bertz CT molecular complexity index is 364. The number of ether oxygens (including phenoxy) is 1. The molecule has 0 spiro atoms. The lowest BCUT2D eigenvalue weighted by atomic mass is 9.89. The zero-order valence-electron chi connectivity index (χ0n) is 8.59. The van der Waals surface area contributed by atoms with E-state index in [0.29, 0.717) is 24.5 Å². The van der Waals surface area contributed by atoms with Gasteiger partial charge in [0.05, 0.1) is 12.7 Å². The van der Waals surface area contributed by atoms with Crippen LogP contribution in [0.4, 0.5) is 0 Å². The molecule has 0 bridgehead atoms. The van der Waals surface area contributed by atoms with Gasteiger partial charge in [-0.1, -0.05) is 17.7 Å². The molecular formula is C11H14ClNO2. The highest BCUT2D eigenvalue weighted by Gasteiger charge is 2.35. The number of halogens is 1. The fraction of sp³-hybridized carbons (Fsp3) is 0.455. The van der Waals surface area contributed by atoms with Gasteiger partial charge in [-0.25, -0.2) is 0 Å². The van der Waals surface area contributed by atoms with Gasteiger partial charge in [-0.3, -0.25) is 0 Å². The highest BCUT2D eigenvalue weighted by Crippen LogP contribution is 2.31. The second-order valence-corrected chi connectivity index (χ2v) is 4.33. The maximum Gasteiger partial charge on any atom is 0.123 e. The zero-order valence-corrected chi connectivity index (χ0v) is 9.34. The van der Waals surface area contributed by atoms with Crippen molar-refractivity contribution in [1.29, 1.82) is 0 Å². The molecule has 2 N–H and O–H groups in total. The lowest BCUT2D eigenvalue weighted by Gasteiger charge is -2.38. The van der Waals surface area contributed by atoms with Crippen molar-refractivity contribution in [3.05, 3.63) is 28.8 Å². The summed E-state index contributed by atoms with van der Waals surface area (Å²) in [4.78, 5) is 0. The Hall–Kier alpha value is -0.770. The molecule has 1 saturated heterocycles. The standard InChI is InChI=1S/C11H14ClNO2/c1-15-10-4-2-3-9(12)8(10)5-11(14)6-13-7-11/h2-4,13-14H,5-7H2,1H3. The lowest BCUT2D eigenvalue weighted by molar-refractivity contribution is -0.00941. The maximum absolute atomic E-state index is 10.0. The number of hydrogen-bond donors (Lipinski definition) is 2. The largest absolute Gasteiger partial charge is 0.496 e. The van der Waals surface area contributed by atoms with E-state index in [1.54, 1.807) is 7.11 Å². The molecule has 3 nitrogen and oxygen atoms in total. The molecule has 1 aliphatic rings. The van der Waals surface area contributed by atoms with E-state index in [9.17, 15) is 5.11 Å². The van der Waals surface area contributed by atoms with Crippen LogP contribution >= 0.6 is 11.6 Å². The summed E-state index contributed by atoms with van der Waals surface area (Å²) >= 11 is 6.08. The average Bonchev–Trinajstić information content (AvgIpc) is 2.18. The van der Waals surface area contributed by atoms with Crippen molar-refractivity contribution >= 4 is 11.6 Å². The number of methoxy groups -OCH3 is 1.